The van der Waals surface area contributed by atoms with Crippen LogP contribution in [0, 0.1) is 0 Å². The first-order valence-electron chi connectivity index (χ1n) is 10.4. The van der Waals surface area contributed by atoms with Crippen LogP contribution < -0.4 is 10.9 Å². The summed E-state index contributed by atoms with van der Waals surface area (Å²) in [5.41, 5.74) is 5.04. The van der Waals surface area contributed by atoms with E-state index in [2.05, 4.69) is 10.9 Å². The number of rotatable bonds is 3. The van der Waals surface area contributed by atoms with Crippen LogP contribution in [-0.2, 0) is 10.0 Å². The Bertz CT molecular complexity index is 814. The summed E-state index contributed by atoms with van der Waals surface area (Å²) in [6.45, 7) is 2.35. The van der Waals surface area contributed by atoms with Crippen LogP contribution in [0.4, 0.5) is 4.79 Å². The van der Waals surface area contributed by atoms with Crippen molar-refractivity contribution in [3.8, 4) is 0 Å². The predicted molar refractivity (Wildman–Crippen MR) is 110 cm³/mol. The average Bonchev–Trinajstić information content (AvgIpc) is 2.72. The monoisotopic (exact) mass is 422 g/mol. The Morgan fingerprint density at radius 2 is 1.38 bits per heavy atom. The molecule has 0 atom stereocenters. The third-order valence-electron chi connectivity index (χ3n) is 5.48. The van der Waals surface area contributed by atoms with E-state index in [0.717, 1.165) is 44.9 Å². The Kier molecular flexibility index (Phi) is 7.49. The first-order chi connectivity index (χ1) is 14.0. The topological polar surface area (TPSA) is 98.8 Å². The van der Waals surface area contributed by atoms with Crippen LogP contribution in [0.5, 0.6) is 0 Å². The van der Waals surface area contributed by atoms with Crippen LogP contribution in [-0.4, -0.2) is 55.7 Å². The Morgan fingerprint density at radius 1 is 0.793 bits per heavy atom. The lowest BCUT2D eigenvalue weighted by Crippen LogP contribution is -2.49. The molecule has 2 heterocycles. The molecule has 2 N–H and O–H groups in total. The minimum Gasteiger partial charge on any atom is -0.323 e. The van der Waals surface area contributed by atoms with Crippen molar-refractivity contribution >= 4 is 22.0 Å². The van der Waals surface area contributed by atoms with Gasteiger partial charge in [-0.2, -0.15) is 4.31 Å². The number of benzene rings is 1. The van der Waals surface area contributed by atoms with Gasteiger partial charge in [-0.3, -0.25) is 10.2 Å². The fourth-order valence-corrected chi connectivity index (χ4v) is 5.33. The van der Waals surface area contributed by atoms with E-state index in [0.29, 0.717) is 26.2 Å². The van der Waals surface area contributed by atoms with Gasteiger partial charge in [-0.15, -0.1) is 0 Å². The predicted octanol–water partition coefficient (Wildman–Crippen LogP) is 2.48. The minimum absolute atomic E-state index is 0.0992. The number of hydrogen-bond donors (Lipinski definition) is 2. The number of amides is 3. The molecule has 3 amide bonds. The lowest BCUT2D eigenvalue weighted by molar-refractivity contribution is 0.0929. The van der Waals surface area contributed by atoms with Gasteiger partial charge in [-0.25, -0.2) is 18.6 Å². The normalized spacial score (nSPS) is 19.1. The quantitative estimate of drug-likeness (QED) is 0.731. The maximum absolute atomic E-state index is 12.8. The van der Waals surface area contributed by atoms with Gasteiger partial charge in [-0.05, 0) is 43.9 Å². The molecular weight excluding hydrogens is 392 g/mol. The maximum Gasteiger partial charge on any atom is 0.336 e. The molecule has 29 heavy (non-hydrogen) atoms. The van der Waals surface area contributed by atoms with Crippen molar-refractivity contribution in [2.45, 2.75) is 56.3 Å². The van der Waals surface area contributed by atoms with E-state index < -0.39 is 15.9 Å². The summed E-state index contributed by atoms with van der Waals surface area (Å²) in [7, 11) is -3.62. The fraction of sp³-hybridized carbons (Fsp3) is 0.600. The van der Waals surface area contributed by atoms with Crippen LogP contribution in [0.2, 0.25) is 0 Å². The molecule has 3 rings (SSSR count). The number of hydrogen-bond acceptors (Lipinski definition) is 4. The van der Waals surface area contributed by atoms with Gasteiger partial charge in [0.1, 0.15) is 0 Å². The van der Waals surface area contributed by atoms with Gasteiger partial charge in [-0.1, -0.05) is 31.7 Å². The van der Waals surface area contributed by atoms with Gasteiger partial charge in [0.05, 0.1) is 4.90 Å². The van der Waals surface area contributed by atoms with E-state index in [9.17, 15) is 18.0 Å². The van der Waals surface area contributed by atoms with E-state index in [1.165, 1.54) is 28.9 Å². The first-order valence-corrected chi connectivity index (χ1v) is 11.9. The number of piperidine rings is 1. The highest BCUT2D eigenvalue weighted by atomic mass is 32.2. The SMILES string of the molecule is O=C(NNC(=O)N1CCCCCCC1)c1cccc(S(=O)(=O)N2CCCCC2)c1. The van der Waals surface area contributed by atoms with Crippen molar-refractivity contribution in [1.82, 2.24) is 20.1 Å². The molecule has 0 bridgehead atoms. The Hall–Kier alpha value is -2.13. The lowest BCUT2D eigenvalue weighted by atomic mass is 10.1. The van der Waals surface area contributed by atoms with Crippen molar-refractivity contribution < 1.29 is 18.0 Å². The molecule has 2 saturated heterocycles. The number of nitrogens with zero attached hydrogens (tertiary/aromatic N) is 2. The molecule has 0 radical (unpaired) electrons. The fourth-order valence-electron chi connectivity index (χ4n) is 3.76. The molecule has 0 spiro atoms. The molecule has 0 unspecified atom stereocenters. The molecule has 2 aliphatic rings. The molecule has 0 aromatic heterocycles. The molecule has 2 fully saturated rings. The Labute approximate surface area is 172 Å². The molecule has 160 valence electrons. The maximum atomic E-state index is 12.8. The second kappa shape index (κ2) is 10.1. The second-order valence-corrected chi connectivity index (χ2v) is 9.57. The largest absolute Gasteiger partial charge is 0.336 e. The van der Waals surface area contributed by atoms with Crippen molar-refractivity contribution in [3.05, 3.63) is 29.8 Å². The third-order valence-corrected chi connectivity index (χ3v) is 7.37. The number of carbonyl (C=O) groups is 2. The van der Waals surface area contributed by atoms with Gasteiger partial charge in [0, 0.05) is 31.7 Å². The first kappa shape index (κ1) is 21.6. The zero-order valence-corrected chi connectivity index (χ0v) is 17.5. The van der Waals surface area contributed by atoms with Crippen LogP contribution in [0.15, 0.2) is 29.2 Å². The number of sulfonamides is 1. The van der Waals surface area contributed by atoms with Gasteiger partial charge in [0.25, 0.3) is 5.91 Å². The van der Waals surface area contributed by atoms with Crippen molar-refractivity contribution in [2.24, 2.45) is 0 Å². The summed E-state index contributed by atoms with van der Waals surface area (Å²) in [6.07, 6.45) is 8.05. The number of carbonyl (C=O) groups excluding carboxylic acids is 2. The summed E-state index contributed by atoms with van der Waals surface area (Å²) < 4.78 is 27.1. The zero-order chi connectivity index (χ0) is 20.7. The van der Waals surface area contributed by atoms with Crippen molar-refractivity contribution in [1.29, 1.82) is 0 Å². The molecule has 9 heteroatoms. The molecule has 8 nitrogen and oxygen atoms in total. The van der Waals surface area contributed by atoms with Crippen molar-refractivity contribution in [3.63, 3.8) is 0 Å². The number of urea groups is 1. The second-order valence-electron chi connectivity index (χ2n) is 7.63. The highest BCUT2D eigenvalue weighted by Crippen LogP contribution is 2.21. The zero-order valence-electron chi connectivity index (χ0n) is 16.7. The molecule has 1 aromatic carbocycles. The summed E-state index contributed by atoms with van der Waals surface area (Å²) in [5.74, 6) is -0.541. The van der Waals surface area contributed by atoms with E-state index in [4.69, 9.17) is 0 Å². The van der Waals surface area contributed by atoms with E-state index >= 15 is 0 Å². The van der Waals surface area contributed by atoms with Crippen LogP contribution >= 0.6 is 0 Å². The lowest BCUT2D eigenvalue weighted by Gasteiger charge is -2.26. The third kappa shape index (κ3) is 5.70. The standard InChI is InChI=1S/C20H30N4O4S/c25-19(21-22-20(26)23-12-5-2-1-3-6-13-23)17-10-9-11-18(16-17)29(27,28)24-14-7-4-8-15-24/h9-11,16H,1-8,12-15H2,(H,21,25)(H,22,26). The number of hydrazine groups is 1. The van der Waals surface area contributed by atoms with Crippen LogP contribution in [0.1, 0.15) is 61.7 Å². The summed E-state index contributed by atoms with van der Waals surface area (Å²) >= 11 is 0. The molecule has 0 saturated carbocycles. The number of likely N-dealkylation sites (tertiary alicyclic amines) is 1. The van der Waals surface area contributed by atoms with Gasteiger partial charge in [0.15, 0.2) is 0 Å². The van der Waals surface area contributed by atoms with Gasteiger partial charge >= 0.3 is 6.03 Å². The van der Waals surface area contributed by atoms with Crippen LogP contribution in [0.25, 0.3) is 0 Å². The average molecular weight is 423 g/mol. The Balaban J connectivity index is 1.61. The Morgan fingerprint density at radius 3 is 2.07 bits per heavy atom. The van der Waals surface area contributed by atoms with Gasteiger partial charge in [0.2, 0.25) is 10.0 Å². The minimum atomic E-state index is -3.62. The number of nitrogens with one attached hydrogen (secondary N) is 2. The highest BCUT2D eigenvalue weighted by molar-refractivity contribution is 7.89. The van der Waals surface area contributed by atoms with E-state index in [1.54, 1.807) is 11.0 Å². The molecular formula is C20H30N4O4S. The summed E-state index contributed by atoms with van der Waals surface area (Å²) in [6, 6.07) is 5.61. The van der Waals surface area contributed by atoms with Crippen LogP contribution in [0.3, 0.4) is 0 Å². The van der Waals surface area contributed by atoms with Crippen molar-refractivity contribution in [2.75, 3.05) is 26.2 Å². The summed E-state index contributed by atoms with van der Waals surface area (Å²) in [4.78, 5) is 26.6. The molecule has 0 aliphatic carbocycles. The highest BCUT2D eigenvalue weighted by Gasteiger charge is 2.26. The van der Waals surface area contributed by atoms with E-state index in [1.807, 2.05) is 0 Å². The smallest absolute Gasteiger partial charge is 0.323 e. The molecule has 1 aromatic rings. The van der Waals surface area contributed by atoms with E-state index in [-0.39, 0.29) is 16.5 Å². The molecule has 2 aliphatic heterocycles. The summed E-state index contributed by atoms with van der Waals surface area (Å²) in [5, 5.41) is 0. The van der Waals surface area contributed by atoms with Gasteiger partial charge < -0.3 is 4.90 Å².